The quantitative estimate of drug-likeness (QED) is 0.799. The number of carbonyl (C=O) groups is 1. The number of amides is 2. The number of aromatic nitrogens is 1. The van der Waals surface area contributed by atoms with Crippen LogP contribution in [0.5, 0.6) is 5.88 Å². The van der Waals surface area contributed by atoms with Gasteiger partial charge in [-0.2, -0.15) is 22.0 Å². The standard InChI is InChI=1S/C14H16F5N3O2/c15-12(16)24-11-5-8(3-4-20-11)7-21-13(23)22-10-2-1-9(6-10)14(17,18)19/h3-5,9-10,12H,1-2,6-7H2,(H2,21,22,23)/t9-,10+/m1/s1. The minimum Gasteiger partial charge on any atom is -0.417 e. The summed E-state index contributed by atoms with van der Waals surface area (Å²) < 4.78 is 66.0. The Morgan fingerprint density at radius 3 is 2.75 bits per heavy atom. The summed E-state index contributed by atoms with van der Waals surface area (Å²) in [6.45, 7) is -3.00. The molecule has 0 aliphatic heterocycles. The van der Waals surface area contributed by atoms with Crippen molar-refractivity contribution in [2.24, 2.45) is 5.92 Å². The molecule has 0 bridgehead atoms. The minimum absolute atomic E-state index is 0.00334. The van der Waals surface area contributed by atoms with Crippen LogP contribution >= 0.6 is 0 Å². The summed E-state index contributed by atoms with van der Waals surface area (Å²) >= 11 is 0. The molecule has 0 aromatic carbocycles. The molecule has 2 amide bonds. The van der Waals surface area contributed by atoms with Crippen LogP contribution < -0.4 is 15.4 Å². The van der Waals surface area contributed by atoms with E-state index in [1.165, 1.54) is 18.3 Å². The predicted molar refractivity (Wildman–Crippen MR) is 73.4 cm³/mol. The molecular weight excluding hydrogens is 337 g/mol. The first-order chi connectivity index (χ1) is 11.2. The molecule has 0 radical (unpaired) electrons. The number of halogens is 5. The van der Waals surface area contributed by atoms with Gasteiger partial charge in [0.15, 0.2) is 0 Å². The number of carbonyl (C=O) groups excluding carboxylic acids is 1. The lowest BCUT2D eigenvalue weighted by Gasteiger charge is -2.16. The molecule has 0 spiro atoms. The number of rotatable bonds is 5. The van der Waals surface area contributed by atoms with Gasteiger partial charge < -0.3 is 15.4 Å². The maximum Gasteiger partial charge on any atom is 0.391 e. The molecule has 2 rings (SSSR count). The fourth-order valence-corrected chi connectivity index (χ4v) is 2.54. The Labute approximate surface area is 134 Å². The number of pyridine rings is 1. The summed E-state index contributed by atoms with van der Waals surface area (Å²) in [6, 6.07) is 1.58. The molecular formula is C14H16F5N3O2. The zero-order chi connectivity index (χ0) is 17.7. The third-order valence-corrected chi connectivity index (χ3v) is 3.69. The van der Waals surface area contributed by atoms with E-state index in [-0.39, 0.29) is 31.7 Å². The number of ether oxygens (including phenoxy) is 1. The van der Waals surface area contributed by atoms with E-state index in [0.717, 1.165) is 0 Å². The molecule has 1 heterocycles. The van der Waals surface area contributed by atoms with Crippen molar-refractivity contribution >= 4 is 6.03 Å². The lowest BCUT2D eigenvalue weighted by Crippen LogP contribution is -2.41. The summed E-state index contributed by atoms with van der Waals surface area (Å²) in [4.78, 5) is 15.3. The molecule has 24 heavy (non-hydrogen) atoms. The molecule has 0 unspecified atom stereocenters. The second-order valence-corrected chi connectivity index (χ2v) is 5.46. The Morgan fingerprint density at radius 2 is 2.12 bits per heavy atom. The molecule has 1 aliphatic carbocycles. The van der Waals surface area contributed by atoms with Crippen molar-refractivity contribution in [3.05, 3.63) is 23.9 Å². The van der Waals surface area contributed by atoms with E-state index in [9.17, 15) is 26.7 Å². The van der Waals surface area contributed by atoms with Crippen LogP contribution in [0.15, 0.2) is 18.3 Å². The van der Waals surface area contributed by atoms with Crippen molar-refractivity contribution in [1.82, 2.24) is 15.6 Å². The minimum atomic E-state index is -4.24. The van der Waals surface area contributed by atoms with E-state index in [4.69, 9.17) is 0 Å². The Kier molecular flexibility index (Phi) is 5.79. The summed E-state index contributed by atoms with van der Waals surface area (Å²) in [6.07, 6.45) is -2.88. The van der Waals surface area contributed by atoms with Crippen LogP contribution in [0.1, 0.15) is 24.8 Å². The summed E-state index contributed by atoms with van der Waals surface area (Å²) in [5.74, 6) is -1.68. The van der Waals surface area contributed by atoms with Crippen molar-refractivity contribution in [1.29, 1.82) is 0 Å². The molecule has 1 fully saturated rings. The molecule has 0 saturated heterocycles. The van der Waals surface area contributed by atoms with Crippen molar-refractivity contribution in [2.75, 3.05) is 0 Å². The van der Waals surface area contributed by atoms with Gasteiger partial charge in [0.1, 0.15) is 0 Å². The topological polar surface area (TPSA) is 63.2 Å². The van der Waals surface area contributed by atoms with Gasteiger partial charge in [-0.1, -0.05) is 0 Å². The van der Waals surface area contributed by atoms with Gasteiger partial charge >= 0.3 is 18.8 Å². The van der Waals surface area contributed by atoms with E-state index < -0.39 is 30.8 Å². The average molecular weight is 353 g/mol. The van der Waals surface area contributed by atoms with Crippen LogP contribution in [-0.2, 0) is 6.54 Å². The van der Waals surface area contributed by atoms with E-state index in [2.05, 4.69) is 20.4 Å². The van der Waals surface area contributed by atoms with Gasteiger partial charge in [0.05, 0.1) is 5.92 Å². The highest BCUT2D eigenvalue weighted by molar-refractivity contribution is 5.74. The number of urea groups is 1. The van der Waals surface area contributed by atoms with E-state index >= 15 is 0 Å². The maximum absolute atomic E-state index is 12.6. The molecule has 2 N–H and O–H groups in total. The summed E-state index contributed by atoms with van der Waals surface area (Å²) in [5.41, 5.74) is 0.468. The highest BCUT2D eigenvalue weighted by Gasteiger charge is 2.44. The largest absolute Gasteiger partial charge is 0.417 e. The number of hydrogen-bond donors (Lipinski definition) is 2. The molecule has 5 nitrogen and oxygen atoms in total. The van der Waals surface area contributed by atoms with Gasteiger partial charge in [-0.15, -0.1) is 0 Å². The van der Waals surface area contributed by atoms with Gasteiger partial charge in [-0.05, 0) is 30.9 Å². The predicted octanol–water partition coefficient (Wildman–Crippen LogP) is 3.21. The third kappa shape index (κ3) is 5.50. The van der Waals surface area contributed by atoms with Crippen LogP contribution in [0.3, 0.4) is 0 Å². The first-order valence-electron chi connectivity index (χ1n) is 7.25. The SMILES string of the molecule is O=C(NCc1ccnc(OC(F)F)c1)N[C@H]1CC[C@@H](C(F)(F)F)C1. The molecule has 1 aromatic heterocycles. The first kappa shape index (κ1) is 18.2. The average Bonchev–Trinajstić information content (AvgIpc) is 2.93. The first-order valence-corrected chi connectivity index (χ1v) is 7.25. The summed E-state index contributed by atoms with van der Waals surface area (Å²) in [5, 5.41) is 4.94. The molecule has 1 aromatic rings. The Balaban J connectivity index is 1.78. The lowest BCUT2D eigenvalue weighted by molar-refractivity contribution is -0.172. The fourth-order valence-electron chi connectivity index (χ4n) is 2.54. The van der Waals surface area contributed by atoms with Crippen molar-refractivity contribution in [2.45, 2.75) is 44.6 Å². The second-order valence-electron chi connectivity index (χ2n) is 5.46. The highest BCUT2D eigenvalue weighted by atomic mass is 19.4. The third-order valence-electron chi connectivity index (χ3n) is 3.69. The van der Waals surface area contributed by atoms with Gasteiger partial charge in [0, 0.05) is 24.8 Å². The van der Waals surface area contributed by atoms with Crippen molar-refractivity contribution < 1.29 is 31.5 Å². The van der Waals surface area contributed by atoms with Gasteiger partial charge in [-0.3, -0.25) is 0 Å². The number of hydrogen-bond acceptors (Lipinski definition) is 3. The van der Waals surface area contributed by atoms with Gasteiger partial charge in [0.2, 0.25) is 5.88 Å². The van der Waals surface area contributed by atoms with Crippen LogP contribution in [0, 0.1) is 5.92 Å². The Hall–Kier alpha value is -2.13. The highest BCUT2D eigenvalue weighted by Crippen LogP contribution is 2.38. The molecule has 134 valence electrons. The van der Waals surface area contributed by atoms with Crippen molar-refractivity contribution in [3.8, 4) is 5.88 Å². The monoisotopic (exact) mass is 353 g/mol. The molecule has 2 atom stereocenters. The van der Waals surface area contributed by atoms with Crippen LogP contribution in [-0.4, -0.2) is 29.8 Å². The van der Waals surface area contributed by atoms with Gasteiger partial charge in [-0.25, -0.2) is 9.78 Å². The van der Waals surface area contributed by atoms with E-state index in [0.29, 0.717) is 5.56 Å². The smallest absolute Gasteiger partial charge is 0.391 e. The van der Waals surface area contributed by atoms with E-state index in [1.807, 2.05) is 0 Å². The Bertz CT molecular complexity index is 568. The van der Waals surface area contributed by atoms with Gasteiger partial charge in [0.25, 0.3) is 0 Å². The van der Waals surface area contributed by atoms with E-state index in [1.54, 1.807) is 0 Å². The van der Waals surface area contributed by atoms with Crippen LogP contribution in [0.25, 0.3) is 0 Å². The number of alkyl halides is 5. The second kappa shape index (κ2) is 7.63. The zero-order valence-corrected chi connectivity index (χ0v) is 12.4. The van der Waals surface area contributed by atoms with Crippen LogP contribution in [0.4, 0.5) is 26.7 Å². The Morgan fingerprint density at radius 1 is 1.38 bits per heavy atom. The number of nitrogens with one attached hydrogen (secondary N) is 2. The normalized spacial score (nSPS) is 20.9. The maximum atomic E-state index is 12.6. The summed E-state index contributed by atoms with van der Waals surface area (Å²) in [7, 11) is 0. The van der Waals surface area contributed by atoms with Crippen molar-refractivity contribution in [3.63, 3.8) is 0 Å². The lowest BCUT2D eigenvalue weighted by atomic mass is 10.1. The molecule has 1 aliphatic rings. The zero-order valence-electron chi connectivity index (χ0n) is 12.4. The fraction of sp³-hybridized carbons (Fsp3) is 0.571. The molecule has 10 heteroatoms. The van der Waals surface area contributed by atoms with Crippen LogP contribution in [0.2, 0.25) is 0 Å². The number of nitrogens with zero attached hydrogens (tertiary/aromatic N) is 1. The molecule has 1 saturated carbocycles.